The molecule has 2 N–H and O–H groups in total. The van der Waals surface area contributed by atoms with Crippen LogP contribution < -0.4 is 10.5 Å². The van der Waals surface area contributed by atoms with Gasteiger partial charge in [0, 0.05) is 16.8 Å². The van der Waals surface area contributed by atoms with Gasteiger partial charge in [-0.15, -0.1) is 0 Å². The molecule has 0 atom stereocenters. The molecule has 0 bridgehead atoms. The molecule has 0 aliphatic heterocycles. The number of carbonyl (C=O) groups is 1. The van der Waals surface area contributed by atoms with Crippen molar-refractivity contribution < 1.29 is 14.1 Å². The number of aryl methyl sites for hydroxylation is 2. The molecule has 0 aliphatic rings. The third-order valence-corrected chi connectivity index (χ3v) is 4.53. The van der Waals surface area contributed by atoms with Gasteiger partial charge < -0.3 is 15.0 Å². The molecule has 0 aliphatic carbocycles. The lowest BCUT2D eigenvalue weighted by molar-refractivity contribution is -0.119. The van der Waals surface area contributed by atoms with Gasteiger partial charge in [0.05, 0.1) is 12.2 Å². The van der Waals surface area contributed by atoms with Crippen LogP contribution in [0.2, 0.25) is 0 Å². The summed E-state index contributed by atoms with van der Waals surface area (Å²) >= 11 is 0. The Hall–Kier alpha value is -3.94. The third-order valence-electron chi connectivity index (χ3n) is 4.53. The maximum Gasteiger partial charge on any atom is 0.258 e. The Morgan fingerprint density at radius 1 is 1.10 bits per heavy atom. The van der Waals surface area contributed by atoms with E-state index in [2.05, 4.69) is 21.3 Å². The summed E-state index contributed by atoms with van der Waals surface area (Å²) in [6.45, 7) is 4.52. The molecule has 0 unspecified atom stereocenters. The van der Waals surface area contributed by atoms with Gasteiger partial charge in [-0.25, -0.2) is 0 Å². The number of amides is 1. The fourth-order valence-corrected chi connectivity index (χ4v) is 3.12. The number of nitrogens with two attached hydrogens (primary N) is 1. The minimum atomic E-state index is -0.526. The molecule has 2 heterocycles. The van der Waals surface area contributed by atoms with E-state index in [1.165, 1.54) is 0 Å². The predicted octanol–water partition coefficient (Wildman–Crippen LogP) is 3.13. The lowest BCUT2D eigenvalue weighted by Gasteiger charge is -2.05. The molecule has 2 aromatic carbocycles. The summed E-state index contributed by atoms with van der Waals surface area (Å²) in [6.07, 6.45) is 0. The lowest BCUT2D eigenvalue weighted by atomic mass is 10.1. The Morgan fingerprint density at radius 3 is 2.60 bits per heavy atom. The van der Waals surface area contributed by atoms with E-state index in [1.54, 1.807) is 24.3 Å². The summed E-state index contributed by atoms with van der Waals surface area (Å²) in [4.78, 5) is 15.3. The molecular formula is C22H21N5O3. The number of nitrogens with zero attached hydrogens (tertiary/aromatic N) is 4. The zero-order chi connectivity index (χ0) is 21.1. The molecule has 0 radical (unpaired) electrons. The minimum Gasteiger partial charge on any atom is -0.484 e. The smallest absolute Gasteiger partial charge is 0.258 e. The number of benzene rings is 2. The van der Waals surface area contributed by atoms with Gasteiger partial charge in [0.2, 0.25) is 5.82 Å². The van der Waals surface area contributed by atoms with Crippen molar-refractivity contribution in [3.8, 4) is 28.6 Å². The molecule has 0 saturated carbocycles. The molecular weight excluding hydrogens is 382 g/mol. The lowest BCUT2D eigenvalue weighted by Crippen LogP contribution is -2.19. The van der Waals surface area contributed by atoms with Gasteiger partial charge in [0.15, 0.2) is 6.61 Å². The molecule has 0 fully saturated rings. The number of hydrogen-bond acceptors (Lipinski definition) is 6. The van der Waals surface area contributed by atoms with Gasteiger partial charge in [-0.1, -0.05) is 17.3 Å². The van der Waals surface area contributed by atoms with Crippen molar-refractivity contribution >= 4 is 5.91 Å². The topological polar surface area (TPSA) is 109 Å². The maximum atomic E-state index is 10.8. The highest BCUT2D eigenvalue weighted by Gasteiger charge is 2.12. The first-order valence-corrected chi connectivity index (χ1v) is 9.43. The van der Waals surface area contributed by atoms with E-state index >= 15 is 0 Å². The molecule has 4 aromatic rings. The summed E-state index contributed by atoms with van der Waals surface area (Å²) in [5, 5.41) is 8.59. The summed E-state index contributed by atoms with van der Waals surface area (Å²) in [5.74, 6) is 0.921. The van der Waals surface area contributed by atoms with Crippen molar-refractivity contribution in [3.63, 3.8) is 0 Å². The third kappa shape index (κ3) is 4.38. The molecule has 0 spiro atoms. The van der Waals surface area contributed by atoms with Crippen LogP contribution in [0.15, 0.2) is 59.1 Å². The Bertz CT molecular complexity index is 1180. The van der Waals surface area contributed by atoms with Gasteiger partial charge in [-0.05, 0) is 61.9 Å². The fraction of sp³-hybridized carbons (Fsp3) is 0.182. The molecule has 2 aromatic heterocycles. The van der Waals surface area contributed by atoms with Gasteiger partial charge >= 0.3 is 0 Å². The van der Waals surface area contributed by atoms with Crippen LogP contribution in [0.25, 0.3) is 22.8 Å². The predicted molar refractivity (Wildman–Crippen MR) is 111 cm³/mol. The highest BCUT2D eigenvalue weighted by Crippen LogP contribution is 2.25. The van der Waals surface area contributed by atoms with Crippen molar-refractivity contribution in [2.75, 3.05) is 6.61 Å². The van der Waals surface area contributed by atoms with E-state index in [0.717, 1.165) is 28.1 Å². The zero-order valence-corrected chi connectivity index (χ0v) is 16.7. The Balaban J connectivity index is 1.51. The molecule has 30 heavy (non-hydrogen) atoms. The average molecular weight is 403 g/mol. The van der Waals surface area contributed by atoms with E-state index in [9.17, 15) is 4.79 Å². The quantitative estimate of drug-likeness (QED) is 0.508. The van der Waals surface area contributed by atoms with Gasteiger partial charge in [-0.3, -0.25) is 9.48 Å². The van der Waals surface area contributed by atoms with Crippen molar-refractivity contribution in [2.24, 2.45) is 5.73 Å². The second-order valence-electron chi connectivity index (χ2n) is 6.99. The number of aromatic nitrogens is 4. The number of rotatable bonds is 7. The van der Waals surface area contributed by atoms with Crippen molar-refractivity contribution in [2.45, 2.75) is 20.4 Å². The van der Waals surface area contributed by atoms with E-state index in [1.807, 2.05) is 42.8 Å². The molecule has 8 nitrogen and oxygen atoms in total. The summed E-state index contributed by atoms with van der Waals surface area (Å²) in [5.41, 5.74) is 9.90. The number of ether oxygens (including phenoxy) is 1. The van der Waals surface area contributed by atoms with E-state index in [-0.39, 0.29) is 6.61 Å². The van der Waals surface area contributed by atoms with Crippen LogP contribution in [-0.4, -0.2) is 32.4 Å². The van der Waals surface area contributed by atoms with E-state index < -0.39 is 5.91 Å². The Kier molecular flexibility index (Phi) is 5.30. The standard InChI is InChI=1S/C22H21N5O3/c1-14-10-15(2)27(25-14)12-16-4-3-5-18(11-16)22-24-21(26-30-22)17-6-8-19(9-7-17)29-13-20(23)28/h3-11H,12-13H2,1-2H3,(H2,23,28). The summed E-state index contributed by atoms with van der Waals surface area (Å²) in [7, 11) is 0. The molecule has 1 amide bonds. The van der Waals surface area contributed by atoms with Crippen LogP contribution in [0.4, 0.5) is 0 Å². The van der Waals surface area contributed by atoms with Gasteiger partial charge in [0.25, 0.3) is 11.8 Å². The maximum absolute atomic E-state index is 10.8. The first kappa shape index (κ1) is 19.4. The van der Waals surface area contributed by atoms with Crippen LogP contribution >= 0.6 is 0 Å². The largest absolute Gasteiger partial charge is 0.484 e. The SMILES string of the molecule is Cc1cc(C)n(Cc2cccc(-c3nc(-c4ccc(OCC(N)=O)cc4)no3)c2)n1. The Labute approximate surface area is 173 Å². The second-order valence-corrected chi connectivity index (χ2v) is 6.99. The zero-order valence-electron chi connectivity index (χ0n) is 16.7. The number of primary amides is 1. The van der Waals surface area contributed by atoms with Crippen molar-refractivity contribution in [1.29, 1.82) is 0 Å². The first-order chi connectivity index (χ1) is 14.5. The van der Waals surface area contributed by atoms with Crippen molar-refractivity contribution in [1.82, 2.24) is 19.9 Å². The molecule has 8 heteroatoms. The second kappa shape index (κ2) is 8.20. The van der Waals surface area contributed by atoms with Crippen LogP contribution in [0, 0.1) is 13.8 Å². The van der Waals surface area contributed by atoms with Crippen LogP contribution in [0.5, 0.6) is 5.75 Å². The summed E-state index contributed by atoms with van der Waals surface area (Å²) in [6, 6.07) is 17.1. The number of carbonyl (C=O) groups excluding carboxylic acids is 1. The van der Waals surface area contributed by atoms with Crippen molar-refractivity contribution in [3.05, 3.63) is 71.5 Å². The normalized spacial score (nSPS) is 10.9. The molecule has 4 rings (SSSR count). The molecule has 0 saturated heterocycles. The highest BCUT2D eigenvalue weighted by atomic mass is 16.5. The Morgan fingerprint density at radius 2 is 1.90 bits per heavy atom. The first-order valence-electron chi connectivity index (χ1n) is 9.43. The van der Waals surface area contributed by atoms with Gasteiger partial charge in [-0.2, -0.15) is 10.1 Å². The van der Waals surface area contributed by atoms with Crippen LogP contribution in [0.3, 0.4) is 0 Å². The summed E-state index contributed by atoms with van der Waals surface area (Å²) < 4.78 is 12.7. The van der Waals surface area contributed by atoms with Crippen LogP contribution in [-0.2, 0) is 11.3 Å². The fourth-order valence-electron chi connectivity index (χ4n) is 3.12. The highest BCUT2D eigenvalue weighted by molar-refractivity contribution is 5.75. The van der Waals surface area contributed by atoms with E-state index in [4.69, 9.17) is 15.0 Å². The molecule has 152 valence electrons. The van der Waals surface area contributed by atoms with Crippen LogP contribution in [0.1, 0.15) is 17.0 Å². The number of hydrogen-bond donors (Lipinski definition) is 1. The van der Waals surface area contributed by atoms with E-state index in [0.29, 0.717) is 24.0 Å². The average Bonchev–Trinajstić information content (AvgIpc) is 3.34. The monoisotopic (exact) mass is 403 g/mol. The van der Waals surface area contributed by atoms with Gasteiger partial charge in [0.1, 0.15) is 5.75 Å². The minimum absolute atomic E-state index is 0.167.